The van der Waals surface area contributed by atoms with Crippen LogP contribution in [0.5, 0.6) is 0 Å². The second-order valence-corrected chi connectivity index (χ2v) is 5.61. The second-order valence-electron chi connectivity index (χ2n) is 5.61. The molecule has 7 nitrogen and oxygen atoms in total. The summed E-state index contributed by atoms with van der Waals surface area (Å²) in [5, 5.41) is 11.4. The molecule has 7 heteroatoms. The van der Waals surface area contributed by atoms with E-state index in [-0.39, 0.29) is 11.6 Å². The number of hydrogen-bond acceptors (Lipinski definition) is 6. The third-order valence-corrected chi connectivity index (χ3v) is 3.71. The van der Waals surface area contributed by atoms with Gasteiger partial charge in [-0.3, -0.25) is 4.79 Å². The Morgan fingerprint density at radius 2 is 2.00 bits per heavy atom. The number of nitrogens with zero attached hydrogens (tertiary/aromatic N) is 4. The van der Waals surface area contributed by atoms with Crippen LogP contribution in [-0.4, -0.2) is 33.0 Å². The van der Waals surface area contributed by atoms with Crippen molar-refractivity contribution in [2.75, 3.05) is 7.05 Å². The van der Waals surface area contributed by atoms with Crippen molar-refractivity contribution in [2.45, 2.75) is 25.9 Å². The maximum Gasteiger partial charge on any atom is 0.278 e. The van der Waals surface area contributed by atoms with E-state index in [0.717, 1.165) is 5.56 Å². The first-order valence-electron chi connectivity index (χ1n) is 7.78. The van der Waals surface area contributed by atoms with Gasteiger partial charge in [-0.25, -0.2) is 4.68 Å². The fourth-order valence-corrected chi connectivity index (χ4v) is 2.25. The van der Waals surface area contributed by atoms with Gasteiger partial charge in [0.25, 0.3) is 11.4 Å². The minimum Gasteiger partial charge on any atom is -0.332 e. The molecule has 0 aliphatic carbocycles. The summed E-state index contributed by atoms with van der Waals surface area (Å²) in [4.78, 5) is 16.4. The van der Waals surface area contributed by atoms with Gasteiger partial charge in [-0.1, -0.05) is 35.5 Å². The maximum absolute atomic E-state index is 12.0. The average Bonchev–Trinajstić information content (AvgIpc) is 3.06. The van der Waals surface area contributed by atoms with Crippen molar-refractivity contribution in [3.05, 3.63) is 64.2 Å². The van der Waals surface area contributed by atoms with Crippen molar-refractivity contribution in [3.63, 3.8) is 0 Å². The lowest BCUT2D eigenvalue weighted by atomic mass is 10.2. The summed E-state index contributed by atoms with van der Waals surface area (Å²) >= 11 is 0. The number of benzene rings is 1. The van der Waals surface area contributed by atoms with Gasteiger partial charge in [0, 0.05) is 18.5 Å². The Morgan fingerprint density at radius 3 is 2.75 bits per heavy atom. The van der Waals surface area contributed by atoms with Crippen LogP contribution in [0.15, 0.2) is 51.8 Å². The van der Waals surface area contributed by atoms with Gasteiger partial charge in [-0.2, -0.15) is 10.1 Å². The first kappa shape index (κ1) is 16.1. The molecule has 0 bridgehead atoms. The number of aromatic nitrogens is 4. The minimum atomic E-state index is -0.175. The molecule has 0 saturated carbocycles. The Bertz CT molecular complexity index is 857. The summed E-state index contributed by atoms with van der Waals surface area (Å²) in [7, 11) is 1.88. The van der Waals surface area contributed by atoms with E-state index in [2.05, 4.69) is 20.6 Å². The molecule has 3 rings (SSSR count). The Balaban J connectivity index is 1.84. The molecule has 24 heavy (non-hydrogen) atoms. The molecule has 1 unspecified atom stereocenters. The van der Waals surface area contributed by atoms with Gasteiger partial charge in [0.1, 0.15) is 5.69 Å². The van der Waals surface area contributed by atoms with Gasteiger partial charge in [-0.15, -0.1) is 0 Å². The zero-order valence-electron chi connectivity index (χ0n) is 13.6. The highest BCUT2D eigenvalue weighted by molar-refractivity contribution is 5.44. The largest absolute Gasteiger partial charge is 0.332 e. The van der Waals surface area contributed by atoms with Crippen molar-refractivity contribution in [2.24, 2.45) is 0 Å². The Hall–Kier alpha value is -2.80. The SMILES string of the molecule is CNC(C)Cc1noc(-c2ccc(=O)n(Cc3ccccc3)n2)n1. The van der Waals surface area contributed by atoms with Gasteiger partial charge in [0.2, 0.25) is 0 Å². The normalized spacial score (nSPS) is 12.2. The fourth-order valence-electron chi connectivity index (χ4n) is 2.25. The van der Waals surface area contributed by atoms with E-state index in [0.29, 0.717) is 30.4 Å². The molecular weight excluding hydrogens is 306 g/mol. The minimum absolute atomic E-state index is 0.175. The molecule has 0 fully saturated rings. The van der Waals surface area contributed by atoms with E-state index in [4.69, 9.17) is 4.52 Å². The summed E-state index contributed by atoms with van der Waals surface area (Å²) in [6, 6.07) is 13.0. The van der Waals surface area contributed by atoms with Crippen LogP contribution in [-0.2, 0) is 13.0 Å². The topological polar surface area (TPSA) is 85.8 Å². The Kier molecular flexibility index (Phi) is 4.81. The maximum atomic E-state index is 12.0. The van der Waals surface area contributed by atoms with Gasteiger partial charge >= 0.3 is 0 Å². The van der Waals surface area contributed by atoms with Crippen molar-refractivity contribution in [1.82, 2.24) is 25.2 Å². The van der Waals surface area contributed by atoms with Gasteiger partial charge in [-0.05, 0) is 25.6 Å². The number of nitrogens with one attached hydrogen (secondary N) is 1. The zero-order valence-corrected chi connectivity index (χ0v) is 13.6. The molecular formula is C17H19N5O2. The molecule has 1 atom stereocenters. The van der Waals surface area contributed by atoms with Gasteiger partial charge in [0.05, 0.1) is 6.54 Å². The molecule has 0 saturated heterocycles. The van der Waals surface area contributed by atoms with Gasteiger partial charge in [0.15, 0.2) is 5.82 Å². The van der Waals surface area contributed by atoms with Crippen molar-refractivity contribution in [3.8, 4) is 11.6 Å². The molecule has 2 aromatic heterocycles. The van der Waals surface area contributed by atoms with E-state index in [1.807, 2.05) is 44.3 Å². The smallest absolute Gasteiger partial charge is 0.278 e. The number of rotatable bonds is 6. The highest BCUT2D eigenvalue weighted by atomic mass is 16.5. The average molecular weight is 325 g/mol. The second kappa shape index (κ2) is 7.18. The highest BCUT2D eigenvalue weighted by Gasteiger charge is 2.13. The first-order valence-corrected chi connectivity index (χ1v) is 7.78. The number of likely N-dealkylation sites (N-methyl/N-ethyl adjacent to an activating group) is 1. The highest BCUT2D eigenvalue weighted by Crippen LogP contribution is 2.13. The summed E-state index contributed by atoms with van der Waals surface area (Å²) in [6.45, 7) is 2.43. The van der Waals surface area contributed by atoms with Crippen LogP contribution in [0.3, 0.4) is 0 Å². The summed E-state index contributed by atoms with van der Waals surface area (Å²) < 4.78 is 6.67. The molecule has 0 spiro atoms. The molecule has 1 aromatic carbocycles. The third-order valence-electron chi connectivity index (χ3n) is 3.71. The zero-order chi connectivity index (χ0) is 16.9. The molecule has 124 valence electrons. The standard InChI is InChI=1S/C17H19N5O2/c1-12(18-2)10-15-19-17(24-21-15)14-8-9-16(23)22(20-14)11-13-6-4-3-5-7-13/h3-9,12,18H,10-11H2,1-2H3. The molecule has 0 amide bonds. The predicted molar refractivity (Wildman–Crippen MR) is 89.6 cm³/mol. The summed E-state index contributed by atoms with van der Waals surface area (Å²) in [5.41, 5.74) is 1.31. The Labute approximate surface area is 139 Å². The van der Waals surface area contributed by atoms with Crippen molar-refractivity contribution < 1.29 is 4.52 Å². The number of hydrogen-bond donors (Lipinski definition) is 1. The lowest BCUT2D eigenvalue weighted by Gasteiger charge is -2.05. The van der Waals surface area contributed by atoms with Crippen molar-refractivity contribution in [1.29, 1.82) is 0 Å². The van der Waals surface area contributed by atoms with E-state index in [9.17, 15) is 4.79 Å². The van der Waals surface area contributed by atoms with Crippen LogP contribution in [0, 0.1) is 0 Å². The molecule has 2 heterocycles. The van der Waals surface area contributed by atoms with E-state index < -0.39 is 0 Å². The predicted octanol–water partition coefficient (Wildman–Crippen LogP) is 1.49. The summed E-state index contributed by atoms with van der Waals surface area (Å²) in [5.74, 6) is 0.921. The van der Waals surface area contributed by atoms with Crippen LogP contribution in [0.1, 0.15) is 18.3 Å². The Morgan fingerprint density at radius 1 is 1.21 bits per heavy atom. The van der Waals surface area contributed by atoms with E-state index >= 15 is 0 Å². The molecule has 1 N–H and O–H groups in total. The molecule has 0 aliphatic rings. The van der Waals surface area contributed by atoms with Crippen LogP contribution >= 0.6 is 0 Å². The lowest BCUT2D eigenvalue weighted by Crippen LogP contribution is -2.24. The van der Waals surface area contributed by atoms with Crippen molar-refractivity contribution >= 4 is 0 Å². The quantitative estimate of drug-likeness (QED) is 0.739. The fraction of sp³-hybridized carbons (Fsp3) is 0.294. The van der Waals surface area contributed by atoms with E-state index in [1.165, 1.54) is 10.7 Å². The molecule has 0 aliphatic heterocycles. The third kappa shape index (κ3) is 3.75. The van der Waals surface area contributed by atoms with Gasteiger partial charge < -0.3 is 9.84 Å². The van der Waals surface area contributed by atoms with Crippen LogP contribution in [0.4, 0.5) is 0 Å². The van der Waals surface area contributed by atoms with Crippen LogP contribution in [0.25, 0.3) is 11.6 Å². The van der Waals surface area contributed by atoms with E-state index in [1.54, 1.807) is 6.07 Å². The lowest BCUT2D eigenvalue weighted by molar-refractivity contribution is 0.415. The monoisotopic (exact) mass is 325 g/mol. The van der Waals surface area contributed by atoms with Crippen LogP contribution in [0.2, 0.25) is 0 Å². The molecule has 3 aromatic rings. The molecule has 0 radical (unpaired) electrons. The first-order chi connectivity index (χ1) is 11.7. The summed E-state index contributed by atoms with van der Waals surface area (Å²) in [6.07, 6.45) is 0.656. The van der Waals surface area contributed by atoms with Crippen LogP contribution < -0.4 is 10.9 Å².